The summed E-state index contributed by atoms with van der Waals surface area (Å²) in [6.07, 6.45) is 6.87. The second-order valence-corrected chi connectivity index (χ2v) is 5.04. The van der Waals surface area contributed by atoms with E-state index in [1.165, 1.54) is 25.7 Å². The monoisotopic (exact) mass is 250 g/mol. The zero-order valence-electron chi connectivity index (χ0n) is 9.78. The van der Waals surface area contributed by atoms with Gasteiger partial charge in [0.15, 0.2) is 5.65 Å². The minimum atomic E-state index is 0.515. The molecular weight excluding hydrogens is 236 g/mol. The van der Waals surface area contributed by atoms with Gasteiger partial charge in [0.05, 0.1) is 6.20 Å². The topological polar surface area (TPSA) is 42.2 Å². The number of hydrogen-bond donors (Lipinski definition) is 1. The van der Waals surface area contributed by atoms with Gasteiger partial charge in [0, 0.05) is 17.7 Å². The molecule has 0 unspecified atom stereocenters. The molecule has 1 N–H and O–H groups in total. The third-order valence-electron chi connectivity index (χ3n) is 3.32. The lowest BCUT2D eigenvalue weighted by Crippen LogP contribution is -2.17. The highest BCUT2D eigenvalue weighted by Gasteiger charge is 2.17. The van der Waals surface area contributed by atoms with Crippen molar-refractivity contribution in [2.75, 3.05) is 5.32 Å². The van der Waals surface area contributed by atoms with Crippen LogP contribution >= 0.6 is 11.6 Å². The Hall–Kier alpha value is -1.29. The van der Waals surface area contributed by atoms with Crippen molar-refractivity contribution in [2.24, 2.45) is 0 Å². The average Bonchev–Trinajstić information content (AvgIpc) is 2.90. The molecular formula is C12H15ClN4. The maximum absolute atomic E-state index is 6.05. The van der Waals surface area contributed by atoms with Crippen LogP contribution in [-0.2, 0) is 0 Å². The third-order valence-corrected chi connectivity index (χ3v) is 3.52. The zero-order valence-corrected chi connectivity index (χ0v) is 10.5. The molecule has 0 amide bonds. The molecule has 1 aliphatic carbocycles. The number of hydrogen-bond acceptors (Lipinski definition) is 3. The van der Waals surface area contributed by atoms with E-state index in [4.69, 9.17) is 11.6 Å². The Kier molecular flexibility index (Phi) is 2.67. The summed E-state index contributed by atoms with van der Waals surface area (Å²) in [7, 11) is 0. The molecule has 2 heterocycles. The molecule has 3 rings (SSSR count). The van der Waals surface area contributed by atoms with E-state index >= 15 is 0 Å². The number of rotatable bonds is 2. The second kappa shape index (κ2) is 4.18. The normalized spacial score (nSPS) is 16.8. The quantitative estimate of drug-likeness (QED) is 0.833. The number of nitrogens with zero attached hydrogens (tertiary/aromatic N) is 3. The van der Waals surface area contributed by atoms with Gasteiger partial charge in [-0.3, -0.25) is 0 Å². The molecule has 0 spiro atoms. The third kappa shape index (κ3) is 1.97. The molecule has 17 heavy (non-hydrogen) atoms. The zero-order chi connectivity index (χ0) is 11.8. The minimum Gasteiger partial charge on any atom is -0.367 e. The van der Waals surface area contributed by atoms with Crippen LogP contribution in [0.5, 0.6) is 0 Å². The van der Waals surface area contributed by atoms with Crippen molar-refractivity contribution < 1.29 is 0 Å². The van der Waals surface area contributed by atoms with Crippen LogP contribution < -0.4 is 5.32 Å². The van der Waals surface area contributed by atoms with Gasteiger partial charge >= 0.3 is 0 Å². The largest absolute Gasteiger partial charge is 0.367 e. The lowest BCUT2D eigenvalue weighted by molar-refractivity contribution is 0.740. The van der Waals surface area contributed by atoms with Crippen LogP contribution in [0.25, 0.3) is 5.65 Å². The molecule has 0 radical (unpaired) electrons. The fourth-order valence-electron chi connectivity index (χ4n) is 2.43. The van der Waals surface area contributed by atoms with Crippen LogP contribution in [0.3, 0.4) is 0 Å². The van der Waals surface area contributed by atoms with Gasteiger partial charge in [-0.2, -0.15) is 9.61 Å². The number of halogens is 1. The highest BCUT2D eigenvalue weighted by Crippen LogP contribution is 2.24. The molecule has 0 aromatic carbocycles. The van der Waals surface area contributed by atoms with Gasteiger partial charge in [-0.15, -0.1) is 0 Å². The maximum Gasteiger partial charge on any atom is 0.161 e. The van der Waals surface area contributed by atoms with Crippen molar-refractivity contribution in [1.29, 1.82) is 0 Å². The Bertz CT molecular complexity index is 543. The van der Waals surface area contributed by atoms with E-state index < -0.39 is 0 Å². The Balaban J connectivity index is 2.02. The molecule has 5 heteroatoms. The van der Waals surface area contributed by atoms with Crippen molar-refractivity contribution in [3.63, 3.8) is 0 Å². The number of anilines is 1. The summed E-state index contributed by atoms with van der Waals surface area (Å²) in [4.78, 5) is 4.30. The van der Waals surface area contributed by atoms with Gasteiger partial charge in [-0.05, 0) is 19.8 Å². The van der Waals surface area contributed by atoms with E-state index in [0.717, 1.165) is 17.0 Å². The number of aryl methyl sites for hydroxylation is 1. The molecule has 0 bridgehead atoms. The van der Waals surface area contributed by atoms with Gasteiger partial charge in [0.1, 0.15) is 11.0 Å². The summed E-state index contributed by atoms with van der Waals surface area (Å²) in [6, 6.07) is 2.39. The van der Waals surface area contributed by atoms with Crippen molar-refractivity contribution in [1.82, 2.24) is 14.6 Å². The Morgan fingerprint density at radius 2 is 2.18 bits per heavy atom. The van der Waals surface area contributed by atoms with Gasteiger partial charge in [0.2, 0.25) is 0 Å². The molecule has 0 saturated heterocycles. The van der Waals surface area contributed by atoms with Crippen molar-refractivity contribution in [3.8, 4) is 0 Å². The Labute approximate surface area is 105 Å². The smallest absolute Gasteiger partial charge is 0.161 e. The molecule has 1 saturated carbocycles. The fraction of sp³-hybridized carbons (Fsp3) is 0.500. The Morgan fingerprint density at radius 1 is 1.41 bits per heavy atom. The van der Waals surface area contributed by atoms with E-state index in [0.29, 0.717) is 11.2 Å². The van der Waals surface area contributed by atoms with Gasteiger partial charge in [0.25, 0.3) is 0 Å². The SMILES string of the molecule is Cc1cnn2c(NC3CCCC3)cc(Cl)nc12. The standard InChI is InChI=1S/C12H15ClN4/c1-8-7-14-17-11(6-10(13)16-12(8)17)15-9-4-2-3-5-9/h6-7,9,15H,2-5H2,1H3. The van der Waals surface area contributed by atoms with Crippen LogP contribution in [0.15, 0.2) is 12.3 Å². The van der Waals surface area contributed by atoms with Crippen LogP contribution in [0.1, 0.15) is 31.2 Å². The van der Waals surface area contributed by atoms with Crippen molar-refractivity contribution in [2.45, 2.75) is 38.6 Å². The van der Waals surface area contributed by atoms with Crippen molar-refractivity contribution in [3.05, 3.63) is 23.0 Å². The minimum absolute atomic E-state index is 0.515. The molecule has 90 valence electrons. The summed E-state index contributed by atoms with van der Waals surface area (Å²) in [6.45, 7) is 1.99. The first-order valence-corrected chi connectivity index (χ1v) is 6.39. The lowest BCUT2D eigenvalue weighted by atomic mass is 10.2. The Morgan fingerprint density at radius 3 is 2.94 bits per heavy atom. The highest BCUT2D eigenvalue weighted by atomic mass is 35.5. The average molecular weight is 251 g/mol. The summed E-state index contributed by atoms with van der Waals surface area (Å²) in [5.74, 6) is 0.944. The van der Waals surface area contributed by atoms with E-state index in [1.807, 2.05) is 23.7 Å². The molecule has 0 atom stereocenters. The second-order valence-electron chi connectivity index (χ2n) is 4.65. The van der Waals surface area contributed by atoms with Crippen molar-refractivity contribution >= 4 is 23.1 Å². The van der Waals surface area contributed by atoms with Gasteiger partial charge in [-0.25, -0.2) is 4.98 Å². The molecule has 4 nitrogen and oxygen atoms in total. The van der Waals surface area contributed by atoms with E-state index in [2.05, 4.69) is 15.4 Å². The fourth-order valence-corrected chi connectivity index (χ4v) is 2.61. The van der Waals surface area contributed by atoms with E-state index in [1.54, 1.807) is 0 Å². The molecule has 0 aliphatic heterocycles. The molecule has 2 aromatic heterocycles. The van der Waals surface area contributed by atoms with E-state index in [-0.39, 0.29) is 0 Å². The molecule has 1 aliphatic rings. The van der Waals surface area contributed by atoms with Crippen LogP contribution in [0, 0.1) is 6.92 Å². The molecule has 1 fully saturated rings. The van der Waals surface area contributed by atoms with Gasteiger partial charge in [-0.1, -0.05) is 24.4 Å². The number of fused-ring (bicyclic) bond motifs is 1. The summed E-state index contributed by atoms with van der Waals surface area (Å²) < 4.78 is 1.83. The predicted octanol–water partition coefficient (Wildman–Crippen LogP) is 3.05. The van der Waals surface area contributed by atoms with Crippen LogP contribution in [0.2, 0.25) is 5.15 Å². The maximum atomic E-state index is 6.05. The summed E-state index contributed by atoms with van der Waals surface area (Å²) in [5, 5.41) is 8.36. The summed E-state index contributed by atoms with van der Waals surface area (Å²) in [5.41, 5.74) is 1.87. The molecule has 2 aromatic rings. The first-order valence-electron chi connectivity index (χ1n) is 6.01. The predicted molar refractivity (Wildman–Crippen MR) is 68.6 cm³/mol. The summed E-state index contributed by atoms with van der Waals surface area (Å²) >= 11 is 6.05. The van der Waals surface area contributed by atoms with Crippen LogP contribution in [0.4, 0.5) is 5.82 Å². The van der Waals surface area contributed by atoms with Gasteiger partial charge < -0.3 is 5.32 Å². The van der Waals surface area contributed by atoms with E-state index in [9.17, 15) is 0 Å². The lowest BCUT2D eigenvalue weighted by Gasteiger charge is -2.14. The number of aromatic nitrogens is 3. The van der Waals surface area contributed by atoms with Crippen LogP contribution in [-0.4, -0.2) is 20.6 Å². The first kappa shape index (κ1) is 10.8. The highest BCUT2D eigenvalue weighted by molar-refractivity contribution is 6.29. The first-order chi connectivity index (χ1) is 8.24. The number of nitrogens with one attached hydrogen (secondary N) is 1.